The van der Waals surface area contributed by atoms with Crippen LogP contribution in [0, 0.1) is 11.8 Å². The first-order valence-electron chi connectivity index (χ1n) is 16.2. The maximum Gasteiger partial charge on any atom is 0.408 e. The Bertz CT molecular complexity index is 1640. The van der Waals surface area contributed by atoms with E-state index in [9.17, 15) is 27.6 Å². The van der Waals surface area contributed by atoms with Gasteiger partial charge in [0, 0.05) is 25.5 Å². The summed E-state index contributed by atoms with van der Waals surface area (Å²) in [6, 6.07) is 14.0. The normalized spacial score (nSPS) is 20.6. The number of alkyl halides is 3. The third kappa shape index (κ3) is 6.50. The number of aromatic nitrogens is 1. The van der Waals surface area contributed by atoms with Crippen LogP contribution in [0.4, 0.5) is 40.8 Å². The fraction of sp³-hybridized carbons (Fsp3) is 0.429. The van der Waals surface area contributed by atoms with E-state index < -0.39 is 47.9 Å². The van der Waals surface area contributed by atoms with E-state index in [2.05, 4.69) is 21.3 Å². The first kappa shape index (κ1) is 32.3. The zero-order valence-electron chi connectivity index (χ0n) is 26.2. The summed E-state index contributed by atoms with van der Waals surface area (Å²) in [6.45, 7) is 0.721. The van der Waals surface area contributed by atoms with E-state index in [1.165, 1.54) is 16.7 Å². The van der Waals surface area contributed by atoms with Crippen LogP contribution in [-0.2, 0) is 22.4 Å². The highest BCUT2D eigenvalue weighted by Gasteiger charge is 2.57. The number of β-lactam (4-membered cyclic amide) rings is 1. The quantitative estimate of drug-likeness (QED) is 0.304. The predicted octanol–water partition coefficient (Wildman–Crippen LogP) is 6.00. The first-order valence-corrected chi connectivity index (χ1v) is 16.2. The number of para-hydroxylation sites is 3. The minimum Gasteiger partial charge on any atom is -0.384 e. The van der Waals surface area contributed by atoms with Crippen molar-refractivity contribution in [2.75, 3.05) is 29.1 Å². The number of hydrogen-bond acceptors (Lipinski definition) is 6. The SMILES string of the molecule is CN(C(=O)[C@@H]1[C@@H](Cc2ccnc(N)c2)C(=O)N1C(=O)N[C@@H](C1CCCCC1)C(F)(F)F)c1ccccc1N1CCCc2ccccc21. The number of nitrogens with zero attached hydrogens (tertiary/aromatic N) is 4. The topological polar surface area (TPSA) is 112 Å². The third-order valence-electron chi connectivity index (χ3n) is 9.71. The van der Waals surface area contributed by atoms with Crippen molar-refractivity contribution >= 4 is 40.7 Å². The summed E-state index contributed by atoms with van der Waals surface area (Å²) in [4.78, 5) is 49.8. The molecule has 1 saturated carbocycles. The highest BCUT2D eigenvalue weighted by molar-refractivity contribution is 6.13. The molecule has 0 radical (unpaired) electrons. The van der Waals surface area contributed by atoms with Crippen molar-refractivity contribution in [3.8, 4) is 0 Å². The number of benzene rings is 2. The predicted molar refractivity (Wildman–Crippen MR) is 173 cm³/mol. The number of likely N-dealkylation sites (tertiary alicyclic amines) is 1. The smallest absolute Gasteiger partial charge is 0.384 e. The molecule has 2 aromatic carbocycles. The Hall–Kier alpha value is -4.61. The molecule has 248 valence electrons. The number of aryl methyl sites for hydroxylation is 1. The van der Waals surface area contributed by atoms with Gasteiger partial charge >= 0.3 is 12.2 Å². The molecule has 3 aromatic rings. The molecule has 6 rings (SSSR count). The van der Waals surface area contributed by atoms with Crippen LogP contribution in [0.15, 0.2) is 66.9 Å². The summed E-state index contributed by atoms with van der Waals surface area (Å²) < 4.78 is 42.8. The largest absolute Gasteiger partial charge is 0.408 e. The van der Waals surface area contributed by atoms with E-state index in [1.807, 2.05) is 30.3 Å². The highest BCUT2D eigenvalue weighted by Crippen LogP contribution is 2.41. The monoisotopic (exact) mass is 648 g/mol. The Morgan fingerprint density at radius 3 is 2.45 bits per heavy atom. The van der Waals surface area contributed by atoms with E-state index in [1.54, 1.807) is 31.3 Å². The number of nitrogen functional groups attached to an aromatic ring is 1. The lowest BCUT2D eigenvalue weighted by atomic mass is 9.81. The Labute approximate surface area is 271 Å². The van der Waals surface area contributed by atoms with Crippen molar-refractivity contribution in [1.82, 2.24) is 15.2 Å². The minimum atomic E-state index is -4.71. The molecule has 3 aliphatic rings. The molecule has 1 aromatic heterocycles. The number of imide groups is 1. The van der Waals surface area contributed by atoms with E-state index in [0.717, 1.165) is 37.2 Å². The fourth-order valence-corrected chi connectivity index (χ4v) is 7.35. The van der Waals surface area contributed by atoms with Gasteiger partial charge in [-0.05, 0) is 79.5 Å². The maximum atomic E-state index is 14.4. The van der Waals surface area contributed by atoms with Crippen molar-refractivity contribution in [3.63, 3.8) is 0 Å². The molecular weight excluding hydrogens is 609 g/mol. The Morgan fingerprint density at radius 1 is 1.02 bits per heavy atom. The first-order chi connectivity index (χ1) is 22.5. The van der Waals surface area contributed by atoms with Gasteiger partial charge in [-0.2, -0.15) is 13.2 Å². The Balaban J connectivity index is 1.31. The number of fused-ring (bicyclic) bond motifs is 1. The van der Waals surface area contributed by atoms with Crippen molar-refractivity contribution in [1.29, 1.82) is 0 Å². The lowest BCUT2D eigenvalue weighted by Crippen LogP contribution is -2.71. The lowest BCUT2D eigenvalue weighted by Gasteiger charge is -2.46. The molecule has 12 heteroatoms. The molecule has 4 amide bonds. The van der Waals surface area contributed by atoms with Gasteiger partial charge in [-0.25, -0.2) is 9.78 Å². The number of pyridine rings is 1. The summed E-state index contributed by atoms with van der Waals surface area (Å²) in [7, 11) is 1.57. The standard InChI is InChI=1S/C35H39F3N6O3/c1-42(27-15-7-8-16-28(27)43-19-9-13-23-10-5-6-14-26(23)43)33(46)30-25(20-22-17-18-40-29(39)21-22)32(45)44(30)34(47)41-31(35(36,37)38)24-11-3-2-4-12-24/h5-8,10,14-18,21,24-25,30-31H,2-4,9,11-13,19-20H2,1H3,(H2,39,40)(H,41,47)/t25-,30+,31+/m1/s1. The lowest BCUT2D eigenvalue weighted by molar-refractivity contribution is -0.170. The molecule has 0 unspecified atom stereocenters. The molecule has 3 atom stereocenters. The van der Waals surface area contributed by atoms with Crippen LogP contribution in [0.25, 0.3) is 0 Å². The van der Waals surface area contributed by atoms with Crippen molar-refractivity contribution < 1.29 is 27.6 Å². The van der Waals surface area contributed by atoms with Gasteiger partial charge in [0.25, 0.3) is 5.91 Å². The second-order valence-corrected chi connectivity index (χ2v) is 12.7. The number of carbonyl (C=O) groups is 3. The second kappa shape index (κ2) is 13.2. The number of anilines is 4. The molecule has 1 saturated heterocycles. The number of hydrogen-bond donors (Lipinski definition) is 2. The van der Waals surface area contributed by atoms with Crippen LogP contribution in [0.5, 0.6) is 0 Å². The third-order valence-corrected chi connectivity index (χ3v) is 9.71. The minimum absolute atomic E-state index is 0.0616. The van der Waals surface area contributed by atoms with Gasteiger partial charge in [-0.3, -0.25) is 14.5 Å². The fourth-order valence-electron chi connectivity index (χ4n) is 7.35. The average molecular weight is 649 g/mol. The zero-order valence-corrected chi connectivity index (χ0v) is 26.2. The molecule has 2 aliphatic heterocycles. The number of halogens is 3. The molecule has 3 heterocycles. The van der Waals surface area contributed by atoms with Gasteiger partial charge in [-0.1, -0.05) is 49.6 Å². The van der Waals surface area contributed by atoms with Gasteiger partial charge in [-0.15, -0.1) is 0 Å². The van der Waals surface area contributed by atoms with Crippen LogP contribution in [0.2, 0.25) is 0 Å². The Kier molecular flexibility index (Phi) is 9.11. The average Bonchev–Trinajstić information content (AvgIpc) is 3.07. The van der Waals surface area contributed by atoms with E-state index in [0.29, 0.717) is 41.8 Å². The van der Waals surface area contributed by atoms with E-state index >= 15 is 0 Å². The molecule has 1 aliphatic carbocycles. The highest BCUT2D eigenvalue weighted by atomic mass is 19.4. The molecule has 47 heavy (non-hydrogen) atoms. The Morgan fingerprint density at radius 2 is 1.72 bits per heavy atom. The summed E-state index contributed by atoms with van der Waals surface area (Å²) in [5.41, 5.74) is 10.0. The number of urea groups is 1. The van der Waals surface area contributed by atoms with E-state index in [-0.39, 0.29) is 12.2 Å². The van der Waals surface area contributed by atoms with Crippen molar-refractivity contribution in [2.24, 2.45) is 11.8 Å². The molecule has 3 N–H and O–H groups in total. The number of amides is 4. The number of rotatable bonds is 7. The van der Waals surface area contributed by atoms with Gasteiger partial charge in [0.15, 0.2) is 0 Å². The number of likely N-dealkylation sites (N-methyl/N-ethyl adjacent to an activating group) is 1. The van der Waals surface area contributed by atoms with Crippen LogP contribution in [-0.4, -0.2) is 59.6 Å². The van der Waals surface area contributed by atoms with Crippen LogP contribution >= 0.6 is 0 Å². The van der Waals surface area contributed by atoms with Gasteiger partial charge in [0.05, 0.1) is 17.3 Å². The van der Waals surface area contributed by atoms with Crippen molar-refractivity contribution in [3.05, 3.63) is 78.0 Å². The molecular formula is C35H39F3N6O3. The van der Waals surface area contributed by atoms with Crippen LogP contribution in [0.3, 0.4) is 0 Å². The maximum absolute atomic E-state index is 14.4. The number of nitrogens with two attached hydrogens (primary N) is 1. The second-order valence-electron chi connectivity index (χ2n) is 12.7. The summed E-state index contributed by atoms with van der Waals surface area (Å²) >= 11 is 0. The summed E-state index contributed by atoms with van der Waals surface area (Å²) in [6.07, 6.45) is 1.44. The van der Waals surface area contributed by atoms with Gasteiger partial charge < -0.3 is 20.9 Å². The van der Waals surface area contributed by atoms with Crippen LogP contribution < -0.4 is 20.9 Å². The zero-order chi connectivity index (χ0) is 33.3. The summed E-state index contributed by atoms with van der Waals surface area (Å²) in [5, 5.41) is 2.12. The molecule has 0 bridgehead atoms. The number of carbonyl (C=O) groups excluding carboxylic acids is 3. The van der Waals surface area contributed by atoms with Gasteiger partial charge in [0.1, 0.15) is 17.9 Å². The molecule has 0 spiro atoms. The number of nitrogens with one attached hydrogen (secondary N) is 1. The molecule has 9 nitrogen and oxygen atoms in total. The molecule has 2 fully saturated rings. The van der Waals surface area contributed by atoms with Crippen molar-refractivity contribution in [2.45, 2.75) is 69.6 Å². The summed E-state index contributed by atoms with van der Waals surface area (Å²) in [5.74, 6) is -2.85. The van der Waals surface area contributed by atoms with Gasteiger partial charge in [0.2, 0.25) is 5.91 Å². The van der Waals surface area contributed by atoms with E-state index in [4.69, 9.17) is 5.73 Å². The van der Waals surface area contributed by atoms with Crippen LogP contribution in [0.1, 0.15) is 49.7 Å².